The van der Waals surface area contributed by atoms with E-state index in [4.69, 9.17) is 46.5 Å². The first-order valence-corrected chi connectivity index (χ1v) is 6.13. The molecule has 0 fully saturated rings. The number of nitrogens with zero attached hydrogens (tertiary/aromatic N) is 1. The summed E-state index contributed by atoms with van der Waals surface area (Å²) >= 11 is 0. The number of hydrogen-bond acceptors (Lipinski definition) is 0. The van der Waals surface area contributed by atoms with Crippen molar-refractivity contribution < 1.29 is 90.9 Å². The van der Waals surface area contributed by atoms with Crippen LogP contribution in [0.25, 0.3) is 0 Å². The molecule has 0 bridgehead atoms. The minimum absolute atomic E-state index is 0. The summed E-state index contributed by atoms with van der Waals surface area (Å²) in [5.74, 6) is 0. The molecular formula is C18H21CrMoNO10. The van der Waals surface area contributed by atoms with E-state index in [2.05, 4.69) is 94.2 Å². The van der Waals surface area contributed by atoms with Crippen LogP contribution < -0.4 is 0 Å². The van der Waals surface area contributed by atoms with Crippen LogP contribution in [-0.4, -0.2) is 30.7 Å². The van der Waals surface area contributed by atoms with E-state index in [0.29, 0.717) is 0 Å². The van der Waals surface area contributed by atoms with Crippen LogP contribution in [0.15, 0.2) is 0 Å². The van der Waals surface area contributed by atoms with Crippen LogP contribution in [0.2, 0.25) is 0 Å². The van der Waals surface area contributed by atoms with Gasteiger partial charge in [-0.2, -0.15) is 0 Å². The van der Waals surface area contributed by atoms with Gasteiger partial charge in [0.25, 0.3) is 0 Å². The minimum Gasteiger partial charge on any atom is -1.00 e. The molecule has 0 aliphatic rings. The molecule has 170 valence electrons. The van der Waals surface area contributed by atoms with Crippen molar-refractivity contribution in [3.05, 3.63) is 66.5 Å². The molecule has 0 atom stereocenters. The van der Waals surface area contributed by atoms with Crippen LogP contribution >= 0.6 is 0 Å². The summed E-state index contributed by atoms with van der Waals surface area (Å²) in [4.78, 5) is 0. The van der Waals surface area contributed by atoms with Gasteiger partial charge in [0.2, 0.25) is 0 Å². The van der Waals surface area contributed by atoms with Gasteiger partial charge >= 0.3 is 113 Å². The van der Waals surface area contributed by atoms with Gasteiger partial charge in [-0.3, -0.25) is 0 Å². The molecule has 0 aromatic heterocycles. The Balaban J connectivity index is -0.0000000102. The zero-order chi connectivity index (χ0) is 27.3. The Labute approximate surface area is 211 Å². The second kappa shape index (κ2) is 295. The van der Waals surface area contributed by atoms with E-state index < -0.39 is 0 Å². The molecule has 0 radical (unpaired) electrons. The summed E-state index contributed by atoms with van der Waals surface area (Å²) in [6.45, 7) is 59.2. The largest absolute Gasteiger partial charge is 1.00 e. The molecular weight excluding hydrogens is 538 g/mol. The molecule has 0 aliphatic heterocycles. The molecule has 0 heterocycles. The standard InChI is InChI=1S/C8H20N.10CO.Cr.Mo.H/c1-5-9(6-2,7-3)8-4;10*1-2;;;/h5-8H2,1-4H3;;;;;;;;;;;;;/q+1;;;;;;;;;;;;;-1. The third-order valence-electron chi connectivity index (χ3n) is 2.68. The van der Waals surface area contributed by atoms with Gasteiger partial charge in [-0.1, -0.05) is 0 Å². The van der Waals surface area contributed by atoms with Crippen LogP contribution in [-0.2, 0) is 84.9 Å². The zero-order valence-electron chi connectivity index (χ0n) is 18.2. The summed E-state index contributed by atoms with van der Waals surface area (Å²) in [5, 5.41) is 0. The van der Waals surface area contributed by atoms with Gasteiger partial charge in [0.05, 0.1) is 26.2 Å². The number of hydrogen-bond donors (Lipinski definition) is 0. The van der Waals surface area contributed by atoms with Crippen molar-refractivity contribution in [1.29, 1.82) is 0 Å². The van der Waals surface area contributed by atoms with Crippen molar-refractivity contribution in [2.45, 2.75) is 27.7 Å². The quantitative estimate of drug-likeness (QED) is 0.209. The zero-order valence-corrected chi connectivity index (χ0v) is 20.5. The van der Waals surface area contributed by atoms with Gasteiger partial charge in [-0.25, -0.2) is 0 Å². The molecule has 0 N–H and O–H groups in total. The summed E-state index contributed by atoms with van der Waals surface area (Å²) in [7, 11) is 0. The maximum atomic E-state index is 7.50. The smallest absolute Gasteiger partial charge is 0 e. The molecule has 0 aromatic rings. The molecule has 0 aromatic carbocycles. The Morgan fingerprint density at radius 3 is 0.452 bits per heavy atom. The Morgan fingerprint density at radius 2 is 0.452 bits per heavy atom. The van der Waals surface area contributed by atoms with Crippen molar-refractivity contribution in [2.75, 3.05) is 26.2 Å². The molecule has 0 amide bonds. The Hall–Kier alpha value is -1.42. The van der Waals surface area contributed by atoms with E-state index in [1.807, 2.05) is 0 Å². The third kappa shape index (κ3) is 180. The van der Waals surface area contributed by atoms with E-state index in [0.717, 1.165) is 0 Å². The average Bonchev–Trinajstić information content (AvgIpc) is 2.93. The molecule has 0 unspecified atom stereocenters. The second-order valence-electron chi connectivity index (χ2n) is 2.61. The maximum absolute atomic E-state index is 7.50. The topological polar surface area (TPSA) is 199 Å². The summed E-state index contributed by atoms with van der Waals surface area (Å²) in [6, 6.07) is 0. The van der Waals surface area contributed by atoms with Crippen molar-refractivity contribution in [1.82, 2.24) is 0 Å². The molecule has 0 spiro atoms. The van der Waals surface area contributed by atoms with Crippen LogP contribution in [0.4, 0.5) is 0 Å². The van der Waals surface area contributed by atoms with Crippen LogP contribution in [0.1, 0.15) is 29.1 Å². The summed E-state index contributed by atoms with van der Waals surface area (Å²) < 4.78 is 76.3. The van der Waals surface area contributed by atoms with Crippen LogP contribution in [0.3, 0.4) is 0 Å². The van der Waals surface area contributed by atoms with Crippen molar-refractivity contribution in [3.8, 4) is 0 Å². The van der Waals surface area contributed by atoms with Gasteiger partial charge in [0, 0.05) is 38.4 Å². The van der Waals surface area contributed by atoms with E-state index in [1.54, 1.807) is 0 Å². The fraction of sp³-hybridized carbons (Fsp3) is 0.444. The van der Waals surface area contributed by atoms with E-state index in [1.165, 1.54) is 30.7 Å². The number of quaternary nitrogens is 1. The summed E-state index contributed by atoms with van der Waals surface area (Å²) in [5.41, 5.74) is 0. The first-order chi connectivity index (χ1) is 14.2. The van der Waals surface area contributed by atoms with E-state index >= 15 is 0 Å². The third-order valence-corrected chi connectivity index (χ3v) is 2.68. The van der Waals surface area contributed by atoms with E-state index in [-0.39, 0.29) is 39.9 Å². The normalized spacial score (nSPS) is 4.13. The van der Waals surface area contributed by atoms with Crippen molar-refractivity contribution in [3.63, 3.8) is 0 Å². The molecule has 31 heavy (non-hydrogen) atoms. The van der Waals surface area contributed by atoms with Gasteiger partial charge < -0.3 is 5.91 Å². The van der Waals surface area contributed by atoms with Gasteiger partial charge in [0.15, 0.2) is 0 Å². The molecule has 0 saturated carbocycles. The van der Waals surface area contributed by atoms with Gasteiger partial charge in [-0.05, 0) is 27.7 Å². The maximum Gasteiger partial charge on any atom is 0 e. The van der Waals surface area contributed by atoms with Gasteiger partial charge in [0.1, 0.15) is 0 Å². The Morgan fingerprint density at radius 1 is 0.387 bits per heavy atom. The first kappa shape index (κ1) is 87.9. The minimum atomic E-state index is 0. The molecule has 0 aliphatic carbocycles. The summed E-state index contributed by atoms with van der Waals surface area (Å²) in [6.07, 6.45) is 0. The van der Waals surface area contributed by atoms with Gasteiger partial charge in [-0.15, -0.1) is 0 Å². The monoisotopic (exact) mass is 561 g/mol. The van der Waals surface area contributed by atoms with Crippen LogP contribution in [0.5, 0.6) is 0 Å². The fourth-order valence-corrected chi connectivity index (χ4v) is 1.34. The Bertz CT molecular complexity index is 307. The predicted octanol–water partition coefficient (Wildman–Crippen LogP) is 1.62. The van der Waals surface area contributed by atoms with Crippen molar-refractivity contribution in [2.24, 2.45) is 0 Å². The molecule has 13 heteroatoms. The van der Waals surface area contributed by atoms with Crippen molar-refractivity contribution >= 4 is 0 Å². The van der Waals surface area contributed by atoms with Crippen LogP contribution in [0, 0.1) is 66.5 Å². The SMILES string of the molecule is CC[N+](CC)(CC)CC.[C-]#[O+].[C-]#[O+].[C-]#[O+].[C-]#[O+].[C-]#[O+].[C-]#[O+].[C-]#[O+].[C-]#[O+].[C-]#[O+].[C-]#[O+].[Cr].[H-].[Mo]. The second-order valence-corrected chi connectivity index (χ2v) is 2.61. The fourth-order valence-electron chi connectivity index (χ4n) is 1.34. The molecule has 0 saturated heterocycles. The molecule has 0 rings (SSSR count). The average molecular weight is 559 g/mol. The Kier molecular flexibility index (Phi) is 837. The first-order valence-electron chi connectivity index (χ1n) is 6.13. The number of rotatable bonds is 4. The molecule has 11 nitrogen and oxygen atoms in total. The predicted molar refractivity (Wildman–Crippen MR) is 82.8 cm³/mol. The van der Waals surface area contributed by atoms with E-state index in [9.17, 15) is 0 Å².